The van der Waals surface area contributed by atoms with Crippen LogP contribution in [0.1, 0.15) is 80.5 Å². The van der Waals surface area contributed by atoms with Crippen LogP contribution in [0.4, 0.5) is 68.2 Å². The molecule has 0 amide bonds. The van der Waals surface area contributed by atoms with E-state index in [1.807, 2.05) is 11.3 Å². The molecule has 0 unspecified atom stereocenters. The van der Waals surface area contributed by atoms with Crippen molar-refractivity contribution in [3.8, 4) is 0 Å². The van der Waals surface area contributed by atoms with Gasteiger partial charge in [-0.3, -0.25) is 0 Å². The molecule has 6 heteroatoms. The molecule has 0 bridgehead atoms. The number of benzene rings is 10. The normalized spacial score (nSPS) is 12.9. The van der Waals surface area contributed by atoms with Crippen molar-refractivity contribution in [1.29, 1.82) is 0 Å². The van der Waals surface area contributed by atoms with Gasteiger partial charge in [-0.15, -0.1) is 11.3 Å². The number of thiophene rings is 1. The zero-order valence-electron chi connectivity index (χ0n) is 47.4. The van der Waals surface area contributed by atoms with Crippen molar-refractivity contribution in [1.82, 2.24) is 0 Å². The van der Waals surface area contributed by atoms with E-state index in [9.17, 15) is 0 Å². The van der Waals surface area contributed by atoms with Gasteiger partial charge in [-0.25, -0.2) is 0 Å². The third-order valence-corrected chi connectivity index (χ3v) is 17.6. The molecule has 0 fully saturated rings. The lowest BCUT2D eigenvalue weighted by atomic mass is 9.33. The van der Waals surface area contributed by atoms with Crippen molar-refractivity contribution < 1.29 is 0 Å². The van der Waals surface area contributed by atoms with E-state index in [2.05, 4.69) is 302 Å². The lowest BCUT2D eigenvalue weighted by Gasteiger charge is -2.45. The van der Waals surface area contributed by atoms with Gasteiger partial charge >= 0.3 is 0 Å². The van der Waals surface area contributed by atoms with Crippen LogP contribution in [0.3, 0.4) is 0 Å². The molecule has 4 nitrogen and oxygen atoms in total. The Morgan fingerprint density at radius 3 is 1.28 bits per heavy atom. The molecule has 0 radical (unpaired) electrons. The Morgan fingerprint density at radius 1 is 0.380 bits per heavy atom. The van der Waals surface area contributed by atoms with Gasteiger partial charge in [-0.2, -0.15) is 0 Å². The van der Waals surface area contributed by atoms with Crippen LogP contribution < -0.4 is 36.0 Å². The monoisotopic (exact) mass is 1040 g/mol. The Balaban J connectivity index is 1.06. The van der Waals surface area contributed by atoms with Gasteiger partial charge in [0, 0.05) is 72.3 Å². The summed E-state index contributed by atoms with van der Waals surface area (Å²) in [6, 6.07) is 78.4. The van der Waals surface area contributed by atoms with Crippen molar-refractivity contribution in [3.63, 3.8) is 0 Å². The topological polar surface area (TPSA) is 13.0 Å². The van der Waals surface area contributed by atoms with Crippen molar-refractivity contribution in [2.24, 2.45) is 0 Å². The fourth-order valence-electron chi connectivity index (χ4n) is 12.2. The first kappa shape index (κ1) is 50.2. The Hall–Kier alpha value is -8.32. The molecule has 1 aromatic heterocycles. The van der Waals surface area contributed by atoms with Crippen molar-refractivity contribution in [3.05, 3.63) is 245 Å². The van der Waals surface area contributed by atoms with Crippen LogP contribution in [-0.4, -0.2) is 6.71 Å². The number of hydrogen-bond acceptors (Lipinski definition) is 5. The van der Waals surface area contributed by atoms with E-state index in [0.717, 1.165) is 39.8 Å². The summed E-state index contributed by atoms with van der Waals surface area (Å²) in [5.74, 6) is 0. The fraction of sp³-hybridized carbons (Fsp3) is 0.178. The van der Waals surface area contributed by atoms with Gasteiger partial charge in [0.05, 0.1) is 16.1 Å². The summed E-state index contributed by atoms with van der Waals surface area (Å²) < 4.78 is 2.53. The summed E-state index contributed by atoms with van der Waals surface area (Å²) in [5, 5.41) is 2.51. The third-order valence-electron chi connectivity index (χ3n) is 16.4. The second-order valence-electron chi connectivity index (χ2n) is 24.3. The maximum atomic E-state index is 2.63. The summed E-state index contributed by atoms with van der Waals surface area (Å²) in [7, 11) is 0. The van der Waals surface area contributed by atoms with Gasteiger partial charge in [0.25, 0.3) is 6.71 Å². The number of rotatable bonds is 8. The zero-order chi connectivity index (χ0) is 54.6. The summed E-state index contributed by atoms with van der Waals surface area (Å²) in [5.41, 5.74) is 26.6. The molecule has 2 aliphatic heterocycles. The molecular weight excluding hydrogens is 976 g/mol. The lowest BCUT2D eigenvalue weighted by molar-refractivity contribution is 0.590. The van der Waals surface area contributed by atoms with E-state index in [1.54, 1.807) is 0 Å². The van der Waals surface area contributed by atoms with E-state index in [4.69, 9.17) is 0 Å². The first-order valence-corrected chi connectivity index (χ1v) is 28.7. The average Bonchev–Trinajstić information content (AvgIpc) is 3.54. The second-order valence-corrected chi connectivity index (χ2v) is 25.4. The molecule has 2 aliphatic rings. The highest BCUT2D eigenvalue weighted by Crippen LogP contribution is 2.53. The van der Waals surface area contributed by atoms with E-state index >= 15 is 0 Å². The highest BCUT2D eigenvalue weighted by molar-refractivity contribution is 7.26. The van der Waals surface area contributed by atoms with Gasteiger partial charge in [0.2, 0.25) is 0 Å². The summed E-state index contributed by atoms with van der Waals surface area (Å²) in [6.07, 6.45) is 0. The first-order valence-electron chi connectivity index (χ1n) is 27.9. The lowest BCUT2D eigenvalue weighted by Crippen LogP contribution is -2.61. The fourth-order valence-corrected chi connectivity index (χ4v) is 13.4. The molecule has 388 valence electrons. The standard InChI is InChI=1S/C73H67BN4S/c1-46-16-26-53(27-17-46)75(54-28-18-47(2)19-29-54)55-34-36-58(37-35-55)77-62-38-24-51(72(6,7)8)44-60(62)74-61-45-52(73(9,10)11)25-39-63(61)78(67-43-50(5)42-66(77)70(67)74)65-41-40-64(69-59-14-12-13-15-68(59)79-71(65)69)76(56-30-20-48(3)21-31-56)57-32-22-49(4)23-33-57/h12-45H,1-11H3. The van der Waals surface area contributed by atoms with Crippen LogP contribution in [-0.2, 0) is 10.8 Å². The van der Waals surface area contributed by atoms with Crippen LogP contribution in [0.5, 0.6) is 0 Å². The Bertz CT molecular complexity index is 4050. The van der Waals surface area contributed by atoms with Crippen LogP contribution in [0, 0.1) is 34.6 Å². The number of fused-ring (bicyclic) bond motifs is 7. The zero-order valence-corrected chi connectivity index (χ0v) is 48.2. The average molecular weight is 1040 g/mol. The minimum atomic E-state index is -0.0738. The van der Waals surface area contributed by atoms with Crippen LogP contribution in [0.15, 0.2) is 206 Å². The van der Waals surface area contributed by atoms with E-state index in [0.29, 0.717) is 0 Å². The highest BCUT2D eigenvalue weighted by Gasteiger charge is 2.45. The van der Waals surface area contributed by atoms with Crippen molar-refractivity contribution in [2.75, 3.05) is 19.6 Å². The molecule has 0 atom stereocenters. The predicted octanol–water partition coefficient (Wildman–Crippen LogP) is 19.2. The van der Waals surface area contributed by atoms with Crippen LogP contribution in [0.25, 0.3) is 20.2 Å². The molecule has 79 heavy (non-hydrogen) atoms. The van der Waals surface area contributed by atoms with E-state index in [1.165, 1.54) is 104 Å². The molecule has 11 aromatic rings. The highest BCUT2D eigenvalue weighted by atomic mass is 32.1. The minimum absolute atomic E-state index is 0.0266. The molecule has 0 spiro atoms. The Morgan fingerprint density at radius 2 is 0.797 bits per heavy atom. The number of nitrogens with zero attached hydrogens (tertiary/aromatic N) is 4. The molecule has 0 N–H and O–H groups in total. The van der Waals surface area contributed by atoms with E-state index in [-0.39, 0.29) is 17.5 Å². The van der Waals surface area contributed by atoms with Gasteiger partial charge in [-0.05, 0) is 194 Å². The number of aryl methyl sites for hydroxylation is 5. The van der Waals surface area contributed by atoms with Gasteiger partial charge < -0.3 is 19.6 Å². The quantitative estimate of drug-likeness (QED) is 0.141. The maximum absolute atomic E-state index is 2.63. The molecule has 0 saturated heterocycles. The summed E-state index contributed by atoms with van der Waals surface area (Å²) in [4.78, 5) is 10.0. The molecular formula is C73H67BN4S. The maximum Gasteiger partial charge on any atom is 0.252 e. The second kappa shape index (κ2) is 19.0. The molecule has 13 rings (SSSR count). The van der Waals surface area contributed by atoms with Crippen LogP contribution >= 0.6 is 11.3 Å². The Labute approximate surface area is 471 Å². The number of anilines is 12. The molecule has 0 saturated carbocycles. The smallest absolute Gasteiger partial charge is 0.252 e. The largest absolute Gasteiger partial charge is 0.311 e. The number of hydrogen-bond donors (Lipinski definition) is 0. The van der Waals surface area contributed by atoms with Crippen molar-refractivity contribution >= 4 is 123 Å². The molecule has 0 aliphatic carbocycles. The van der Waals surface area contributed by atoms with E-state index < -0.39 is 0 Å². The summed E-state index contributed by atoms with van der Waals surface area (Å²) >= 11 is 1.90. The van der Waals surface area contributed by atoms with Gasteiger partial charge in [-0.1, -0.05) is 155 Å². The SMILES string of the molecule is Cc1ccc(N(c2ccc(C)cc2)c2ccc(N3c4ccc(C(C)(C)C)cc4B4c5cc(C(C)(C)C)ccc5N(c5ccc(N(c6ccc(C)cc6)c6ccc(C)cc6)c6c5sc5ccccc56)c5cc(C)cc3c54)cc2)cc1. The van der Waals surface area contributed by atoms with Crippen LogP contribution in [0.2, 0.25) is 0 Å². The third kappa shape index (κ3) is 8.69. The minimum Gasteiger partial charge on any atom is -0.311 e. The molecule has 3 heterocycles. The molecule has 10 aromatic carbocycles. The Kier molecular flexibility index (Phi) is 12.0. The first-order chi connectivity index (χ1) is 38.0. The van der Waals surface area contributed by atoms with Gasteiger partial charge in [0.1, 0.15) is 0 Å². The van der Waals surface area contributed by atoms with Gasteiger partial charge in [0.15, 0.2) is 0 Å². The predicted molar refractivity (Wildman–Crippen MR) is 344 cm³/mol. The van der Waals surface area contributed by atoms with Crippen molar-refractivity contribution in [2.45, 2.75) is 87.0 Å². The summed E-state index contributed by atoms with van der Waals surface area (Å²) in [6.45, 7) is 25.0.